The molecule has 192 valence electrons. The molecule has 0 amide bonds. The van der Waals surface area contributed by atoms with Crippen LogP contribution in [0, 0.1) is 0 Å². The van der Waals surface area contributed by atoms with E-state index in [1.807, 2.05) is 6.07 Å². The van der Waals surface area contributed by atoms with E-state index in [1.165, 1.54) is 15.9 Å². The molecule has 1 saturated carbocycles. The second-order valence-electron chi connectivity index (χ2n) is 11.0. The van der Waals surface area contributed by atoms with E-state index in [0.717, 1.165) is 37.7 Å². The van der Waals surface area contributed by atoms with Crippen molar-refractivity contribution in [1.29, 1.82) is 0 Å². The number of aryl methyl sites for hydroxylation is 1. The Kier molecular flexibility index (Phi) is 8.84. The van der Waals surface area contributed by atoms with Crippen LogP contribution in [0.15, 0.2) is 84.9 Å². The van der Waals surface area contributed by atoms with Crippen molar-refractivity contribution in [1.82, 2.24) is 0 Å². The van der Waals surface area contributed by atoms with Gasteiger partial charge in [-0.2, -0.15) is 0 Å². The van der Waals surface area contributed by atoms with Gasteiger partial charge < -0.3 is 14.3 Å². The minimum absolute atomic E-state index is 0.00943. The highest BCUT2D eigenvalue weighted by Gasteiger charge is 2.51. The molecule has 0 spiro atoms. The lowest BCUT2D eigenvalue weighted by molar-refractivity contribution is -0.0670. The third kappa shape index (κ3) is 5.68. The van der Waals surface area contributed by atoms with Gasteiger partial charge >= 0.3 is 0 Å². The average Bonchev–Trinajstić information content (AvgIpc) is 2.91. The fraction of sp³-hybridized carbons (Fsp3) is 0.438. The predicted molar refractivity (Wildman–Crippen MR) is 151 cm³/mol. The van der Waals surface area contributed by atoms with Crippen molar-refractivity contribution in [2.45, 2.75) is 83.1 Å². The molecule has 1 atom stereocenters. The molecule has 0 aromatic heterocycles. The first kappa shape index (κ1) is 26.8. The summed E-state index contributed by atoms with van der Waals surface area (Å²) in [5, 5.41) is 12.8. The van der Waals surface area contributed by atoms with Crippen LogP contribution in [0.5, 0.6) is 0 Å². The van der Waals surface area contributed by atoms with Gasteiger partial charge in [-0.05, 0) is 58.6 Å². The van der Waals surface area contributed by atoms with E-state index >= 15 is 0 Å². The van der Waals surface area contributed by atoms with E-state index in [0.29, 0.717) is 0 Å². The summed E-state index contributed by atoms with van der Waals surface area (Å²) in [4.78, 5) is 0. The standard InChI is InChI=1S/C32H42O3Si/c1-5-25-14-12-13-19-30(25)31(24-33)34-26-20-22-27(23-21-26)35-36(32(2,3)4,28-15-8-6-9-16-28)29-17-10-7-11-18-29/h6-19,26-27,31,33H,5,20-24H2,1-4H3/t26?,27?,31-/m0/s1. The summed E-state index contributed by atoms with van der Waals surface area (Å²) < 4.78 is 13.8. The Morgan fingerprint density at radius 1 is 0.778 bits per heavy atom. The monoisotopic (exact) mass is 502 g/mol. The third-order valence-electron chi connectivity index (χ3n) is 7.69. The maximum absolute atomic E-state index is 10.1. The molecule has 0 radical (unpaired) electrons. The normalized spacial score (nSPS) is 19.7. The molecule has 1 aliphatic carbocycles. The fourth-order valence-electron chi connectivity index (χ4n) is 5.84. The first-order valence-electron chi connectivity index (χ1n) is 13.5. The van der Waals surface area contributed by atoms with Crippen LogP contribution in [0.1, 0.15) is 70.6 Å². The van der Waals surface area contributed by atoms with Gasteiger partial charge in [0.25, 0.3) is 8.32 Å². The van der Waals surface area contributed by atoms with Crippen LogP contribution in [0.3, 0.4) is 0 Å². The number of rotatable bonds is 9. The predicted octanol–water partition coefficient (Wildman–Crippen LogP) is 6.19. The van der Waals surface area contributed by atoms with Gasteiger partial charge in [0.1, 0.15) is 6.10 Å². The second-order valence-corrected chi connectivity index (χ2v) is 15.3. The molecule has 1 N–H and O–H groups in total. The van der Waals surface area contributed by atoms with Gasteiger partial charge in [0.15, 0.2) is 0 Å². The molecule has 3 aromatic rings. The second kappa shape index (κ2) is 11.9. The Labute approximate surface area is 218 Å². The number of ether oxygens (including phenoxy) is 1. The molecule has 36 heavy (non-hydrogen) atoms. The molecule has 4 heteroatoms. The molecule has 0 heterocycles. The van der Waals surface area contributed by atoms with Crippen LogP contribution in [0.4, 0.5) is 0 Å². The summed E-state index contributed by atoms with van der Waals surface area (Å²) in [6.45, 7) is 9.18. The van der Waals surface area contributed by atoms with Gasteiger partial charge in [-0.3, -0.25) is 0 Å². The zero-order valence-electron chi connectivity index (χ0n) is 22.3. The molecular weight excluding hydrogens is 460 g/mol. The Hall–Kier alpha value is -2.24. The number of aliphatic hydroxyl groups excluding tert-OH is 1. The van der Waals surface area contributed by atoms with E-state index in [1.54, 1.807) is 0 Å². The van der Waals surface area contributed by atoms with Crippen LogP contribution in [-0.2, 0) is 15.6 Å². The van der Waals surface area contributed by atoms with E-state index in [4.69, 9.17) is 9.16 Å². The first-order valence-corrected chi connectivity index (χ1v) is 15.4. The zero-order chi connectivity index (χ0) is 25.6. The van der Waals surface area contributed by atoms with E-state index in [-0.39, 0.29) is 30.0 Å². The molecular formula is C32H42O3Si. The lowest BCUT2D eigenvalue weighted by Crippen LogP contribution is -2.67. The highest BCUT2D eigenvalue weighted by atomic mass is 28.4. The Balaban J connectivity index is 1.52. The van der Waals surface area contributed by atoms with Crippen LogP contribution < -0.4 is 10.4 Å². The third-order valence-corrected chi connectivity index (χ3v) is 12.8. The maximum Gasteiger partial charge on any atom is 0.261 e. The van der Waals surface area contributed by atoms with Gasteiger partial charge in [0.05, 0.1) is 12.7 Å². The molecule has 4 rings (SSSR count). The minimum Gasteiger partial charge on any atom is -0.404 e. The Bertz CT molecular complexity index is 1030. The van der Waals surface area contributed by atoms with E-state index < -0.39 is 8.32 Å². The smallest absolute Gasteiger partial charge is 0.261 e. The maximum atomic E-state index is 10.1. The summed E-state index contributed by atoms with van der Waals surface area (Å²) in [6.07, 6.45) is 4.88. The molecule has 1 fully saturated rings. The lowest BCUT2D eigenvalue weighted by atomic mass is 9.94. The van der Waals surface area contributed by atoms with Gasteiger partial charge in [-0.1, -0.05) is 113 Å². The zero-order valence-corrected chi connectivity index (χ0v) is 23.3. The van der Waals surface area contributed by atoms with Gasteiger partial charge in [0.2, 0.25) is 0 Å². The Morgan fingerprint density at radius 3 is 1.78 bits per heavy atom. The van der Waals surface area contributed by atoms with Crippen LogP contribution >= 0.6 is 0 Å². The average molecular weight is 503 g/mol. The Morgan fingerprint density at radius 2 is 1.28 bits per heavy atom. The van der Waals surface area contributed by atoms with Crippen molar-refractivity contribution < 1.29 is 14.3 Å². The summed E-state index contributed by atoms with van der Waals surface area (Å²) in [6, 6.07) is 30.1. The van der Waals surface area contributed by atoms with Gasteiger partial charge in [-0.15, -0.1) is 0 Å². The molecule has 0 saturated heterocycles. The minimum atomic E-state index is -2.54. The van der Waals surface area contributed by atoms with Crippen molar-refractivity contribution in [3.63, 3.8) is 0 Å². The molecule has 0 unspecified atom stereocenters. The summed E-state index contributed by atoms with van der Waals surface area (Å²) in [7, 11) is -2.54. The molecule has 0 aliphatic heterocycles. The molecule has 1 aliphatic rings. The van der Waals surface area contributed by atoms with Crippen molar-refractivity contribution in [3.8, 4) is 0 Å². The summed E-state index contributed by atoms with van der Waals surface area (Å²) in [5.41, 5.74) is 2.37. The fourth-order valence-corrected chi connectivity index (χ4v) is 10.6. The first-order chi connectivity index (χ1) is 17.4. The number of hydrogen-bond donors (Lipinski definition) is 1. The molecule has 3 aromatic carbocycles. The lowest BCUT2D eigenvalue weighted by Gasteiger charge is -2.46. The van der Waals surface area contributed by atoms with Gasteiger partial charge in [-0.25, -0.2) is 0 Å². The van der Waals surface area contributed by atoms with Crippen molar-refractivity contribution >= 4 is 18.7 Å². The van der Waals surface area contributed by atoms with Crippen molar-refractivity contribution in [2.24, 2.45) is 0 Å². The van der Waals surface area contributed by atoms with Crippen molar-refractivity contribution in [2.75, 3.05) is 6.61 Å². The van der Waals surface area contributed by atoms with Crippen LogP contribution in [0.2, 0.25) is 5.04 Å². The number of benzene rings is 3. The topological polar surface area (TPSA) is 38.7 Å². The molecule has 0 bridgehead atoms. The SMILES string of the molecule is CCc1ccccc1[C@H](CO)OC1CCC(O[Si](c2ccccc2)(c2ccccc2)C(C)(C)C)CC1. The summed E-state index contributed by atoms with van der Waals surface area (Å²) >= 11 is 0. The van der Waals surface area contributed by atoms with E-state index in [9.17, 15) is 5.11 Å². The quantitative estimate of drug-likeness (QED) is 0.355. The number of aliphatic hydroxyl groups is 1. The van der Waals surface area contributed by atoms with E-state index in [2.05, 4.69) is 107 Å². The van der Waals surface area contributed by atoms with Gasteiger partial charge in [0, 0.05) is 6.10 Å². The van der Waals surface area contributed by atoms with Crippen molar-refractivity contribution in [3.05, 3.63) is 96.1 Å². The number of hydrogen-bond acceptors (Lipinski definition) is 3. The largest absolute Gasteiger partial charge is 0.404 e. The van der Waals surface area contributed by atoms with Crippen LogP contribution in [0.25, 0.3) is 0 Å². The molecule has 3 nitrogen and oxygen atoms in total. The highest BCUT2D eigenvalue weighted by Crippen LogP contribution is 2.40. The summed E-state index contributed by atoms with van der Waals surface area (Å²) in [5.74, 6) is 0. The van der Waals surface area contributed by atoms with Crippen LogP contribution in [-0.4, -0.2) is 32.2 Å². The highest BCUT2D eigenvalue weighted by molar-refractivity contribution is 6.99.